The fraction of sp³-hybridized carbons (Fsp3) is 0.250. The predicted octanol–water partition coefficient (Wildman–Crippen LogP) is 3.38. The van der Waals surface area contributed by atoms with Crippen molar-refractivity contribution in [1.82, 2.24) is 4.98 Å². The Labute approximate surface area is 105 Å². The van der Waals surface area contributed by atoms with Gasteiger partial charge < -0.3 is 9.84 Å². The maximum Gasteiger partial charge on any atom is 0.573 e. The molecule has 0 aromatic carbocycles. The number of carboxylic acids is 1. The van der Waals surface area contributed by atoms with E-state index in [0.29, 0.717) is 6.07 Å². The minimum atomic E-state index is -5.09. The lowest BCUT2D eigenvalue weighted by molar-refractivity contribution is -0.275. The molecular formula is C8H3BrF5NO3. The van der Waals surface area contributed by atoms with E-state index in [1.54, 1.807) is 0 Å². The highest BCUT2D eigenvalue weighted by Crippen LogP contribution is 2.33. The van der Waals surface area contributed by atoms with Crippen molar-refractivity contribution >= 4 is 21.9 Å². The van der Waals surface area contributed by atoms with Crippen molar-refractivity contribution in [2.24, 2.45) is 0 Å². The van der Waals surface area contributed by atoms with Crippen molar-refractivity contribution in [3.05, 3.63) is 21.9 Å². The standard InChI is InChI=1S/C8H3BrF5NO3/c9-5-3(18-8(12,13)14)1-2(7(16)17)4(15-5)6(10)11/h1,6H,(H,16,17). The van der Waals surface area contributed by atoms with Crippen LogP contribution in [0.25, 0.3) is 0 Å². The second kappa shape index (κ2) is 5.04. The molecule has 0 saturated heterocycles. The van der Waals surface area contributed by atoms with Crippen molar-refractivity contribution < 1.29 is 36.6 Å². The van der Waals surface area contributed by atoms with Crippen LogP contribution in [0.3, 0.4) is 0 Å². The van der Waals surface area contributed by atoms with E-state index in [2.05, 4.69) is 25.7 Å². The number of ether oxygens (including phenoxy) is 1. The molecule has 0 saturated carbocycles. The molecule has 0 atom stereocenters. The highest BCUT2D eigenvalue weighted by molar-refractivity contribution is 9.10. The number of aromatic nitrogens is 1. The van der Waals surface area contributed by atoms with Crippen LogP contribution in [0.5, 0.6) is 5.75 Å². The van der Waals surface area contributed by atoms with Gasteiger partial charge in [-0.05, 0) is 22.0 Å². The Morgan fingerprint density at radius 2 is 2.00 bits per heavy atom. The molecule has 4 nitrogen and oxygen atoms in total. The molecule has 1 heterocycles. The average Bonchev–Trinajstić information content (AvgIpc) is 2.17. The first kappa shape index (κ1) is 14.6. The van der Waals surface area contributed by atoms with Gasteiger partial charge in [0, 0.05) is 0 Å². The predicted molar refractivity (Wildman–Crippen MR) is 50.5 cm³/mol. The summed E-state index contributed by atoms with van der Waals surface area (Å²) in [5, 5.41) is 8.60. The molecule has 0 aliphatic heterocycles. The van der Waals surface area contributed by atoms with Gasteiger partial charge in [-0.15, -0.1) is 13.2 Å². The van der Waals surface area contributed by atoms with E-state index in [0.717, 1.165) is 0 Å². The molecule has 18 heavy (non-hydrogen) atoms. The third-order valence-electron chi connectivity index (χ3n) is 1.64. The number of hydrogen-bond donors (Lipinski definition) is 1. The summed E-state index contributed by atoms with van der Waals surface area (Å²) in [6.45, 7) is 0. The van der Waals surface area contributed by atoms with Gasteiger partial charge >= 0.3 is 12.3 Å². The number of nitrogens with zero attached hydrogens (tertiary/aromatic N) is 1. The number of hydrogen-bond acceptors (Lipinski definition) is 3. The number of aromatic carboxylic acids is 1. The Bertz CT molecular complexity index is 477. The fourth-order valence-electron chi connectivity index (χ4n) is 1.02. The third kappa shape index (κ3) is 3.52. The molecule has 0 unspecified atom stereocenters. The van der Waals surface area contributed by atoms with E-state index in [4.69, 9.17) is 5.11 Å². The van der Waals surface area contributed by atoms with Gasteiger partial charge in [-0.1, -0.05) is 0 Å². The van der Waals surface area contributed by atoms with E-state index < -0.39 is 40.4 Å². The first-order valence-electron chi connectivity index (χ1n) is 4.09. The number of carbonyl (C=O) groups is 1. The molecule has 1 aromatic heterocycles. The van der Waals surface area contributed by atoms with Gasteiger partial charge in [0.2, 0.25) is 0 Å². The molecule has 0 fully saturated rings. The van der Waals surface area contributed by atoms with Gasteiger partial charge in [0.1, 0.15) is 10.3 Å². The maximum absolute atomic E-state index is 12.4. The first-order valence-corrected chi connectivity index (χ1v) is 4.88. The molecule has 1 rings (SSSR count). The molecule has 10 heteroatoms. The average molecular weight is 336 g/mol. The van der Waals surface area contributed by atoms with Gasteiger partial charge in [0.15, 0.2) is 5.75 Å². The van der Waals surface area contributed by atoms with Crippen LogP contribution in [0.1, 0.15) is 22.5 Å². The van der Waals surface area contributed by atoms with Crippen molar-refractivity contribution in [3.8, 4) is 5.75 Å². The topological polar surface area (TPSA) is 59.4 Å². The van der Waals surface area contributed by atoms with Crippen LogP contribution in [0.15, 0.2) is 10.7 Å². The van der Waals surface area contributed by atoms with Gasteiger partial charge in [0.05, 0.1) is 5.56 Å². The maximum atomic E-state index is 12.4. The zero-order valence-corrected chi connectivity index (χ0v) is 9.72. The number of pyridine rings is 1. The Morgan fingerprint density at radius 1 is 1.44 bits per heavy atom. The zero-order valence-electron chi connectivity index (χ0n) is 8.13. The molecule has 0 bridgehead atoms. The summed E-state index contributed by atoms with van der Waals surface area (Å²) in [6, 6.07) is 0.328. The quantitative estimate of drug-likeness (QED) is 0.679. The molecule has 0 amide bonds. The summed E-state index contributed by atoms with van der Waals surface area (Å²) in [5.41, 5.74) is -2.21. The summed E-state index contributed by atoms with van der Waals surface area (Å²) in [6.07, 6.45) is -8.33. The van der Waals surface area contributed by atoms with Crippen LogP contribution in [0.2, 0.25) is 0 Å². The van der Waals surface area contributed by atoms with Crippen molar-refractivity contribution in [3.63, 3.8) is 0 Å². The number of alkyl halides is 5. The van der Waals surface area contributed by atoms with Crippen LogP contribution < -0.4 is 4.74 Å². The van der Waals surface area contributed by atoms with E-state index >= 15 is 0 Å². The number of halogens is 6. The van der Waals surface area contributed by atoms with E-state index in [9.17, 15) is 26.7 Å². The lowest BCUT2D eigenvalue weighted by atomic mass is 10.2. The van der Waals surface area contributed by atoms with Crippen molar-refractivity contribution in [2.75, 3.05) is 0 Å². The molecule has 0 radical (unpaired) electrons. The summed E-state index contributed by atoms with van der Waals surface area (Å²) in [5.74, 6) is -2.85. The molecular weight excluding hydrogens is 333 g/mol. The Kier molecular flexibility index (Phi) is 4.09. The molecule has 1 N–H and O–H groups in total. The lowest BCUT2D eigenvalue weighted by Gasteiger charge is -2.12. The first-order chi connectivity index (χ1) is 8.11. The van der Waals surface area contributed by atoms with Gasteiger partial charge in [-0.3, -0.25) is 0 Å². The van der Waals surface area contributed by atoms with Gasteiger partial charge in [-0.2, -0.15) is 0 Å². The third-order valence-corrected chi connectivity index (χ3v) is 2.20. The monoisotopic (exact) mass is 335 g/mol. The summed E-state index contributed by atoms with van der Waals surface area (Å²) in [4.78, 5) is 13.7. The molecule has 0 aliphatic carbocycles. The minimum Gasteiger partial charge on any atom is -0.478 e. The van der Waals surface area contributed by atoms with Crippen LogP contribution in [0, 0.1) is 0 Å². The van der Waals surface area contributed by atoms with Crippen LogP contribution in [0.4, 0.5) is 22.0 Å². The minimum absolute atomic E-state index is 0.328. The highest BCUT2D eigenvalue weighted by Gasteiger charge is 2.33. The molecule has 0 spiro atoms. The second-order valence-corrected chi connectivity index (χ2v) is 3.61. The van der Waals surface area contributed by atoms with Crippen molar-refractivity contribution in [2.45, 2.75) is 12.8 Å². The molecule has 0 aliphatic rings. The summed E-state index contributed by atoms with van der Waals surface area (Å²) >= 11 is 2.49. The fourth-order valence-corrected chi connectivity index (χ4v) is 1.41. The Hall–Kier alpha value is -1.45. The molecule has 1 aromatic rings. The normalized spacial score (nSPS) is 11.7. The number of carboxylic acid groups (broad SMARTS) is 1. The van der Waals surface area contributed by atoms with Crippen LogP contribution in [-0.4, -0.2) is 22.4 Å². The van der Waals surface area contributed by atoms with Crippen molar-refractivity contribution in [1.29, 1.82) is 0 Å². The zero-order chi connectivity index (χ0) is 14.1. The van der Waals surface area contributed by atoms with Crippen LogP contribution >= 0.6 is 15.9 Å². The number of rotatable bonds is 3. The smallest absolute Gasteiger partial charge is 0.478 e. The summed E-state index contributed by atoms with van der Waals surface area (Å²) in [7, 11) is 0. The van der Waals surface area contributed by atoms with E-state index in [-0.39, 0.29) is 0 Å². The second-order valence-electron chi connectivity index (χ2n) is 2.86. The van der Waals surface area contributed by atoms with Crippen LogP contribution in [-0.2, 0) is 0 Å². The largest absolute Gasteiger partial charge is 0.573 e. The highest BCUT2D eigenvalue weighted by atomic mass is 79.9. The summed E-state index contributed by atoms with van der Waals surface area (Å²) < 4.78 is 63.5. The Balaban J connectivity index is 3.32. The SMILES string of the molecule is O=C(O)c1cc(OC(F)(F)F)c(Br)nc1C(F)F. The lowest BCUT2D eigenvalue weighted by Crippen LogP contribution is -2.18. The van der Waals surface area contributed by atoms with Gasteiger partial charge in [0.25, 0.3) is 6.43 Å². The Morgan fingerprint density at radius 3 is 2.39 bits per heavy atom. The van der Waals surface area contributed by atoms with Gasteiger partial charge in [-0.25, -0.2) is 18.6 Å². The van der Waals surface area contributed by atoms with E-state index in [1.807, 2.05) is 0 Å². The van der Waals surface area contributed by atoms with E-state index in [1.165, 1.54) is 0 Å². The molecule has 100 valence electrons.